The van der Waals surface area contributed by atoms with Crippen molar-refractivity contribution in [2.45, 2.75) is 78.2 Å². The van der Waals surface area contributed by atoms with E-state index in [1.165, 1.54) is 12.8 Å². The van der Waals surface area contributed by atoms with Crippen LogP contribution >= 0.6 is 0 Å². The number of hydrogen-bond acceptors (Lipinski definition) is 12. The lowest BCUT2D eigenvalue weighted by molar-refractivity contribution is -0.145. The minimum atomic E-state index is -2.51. The zero-order valence-electron chi connectivity index (χ0n) is 28.3. The summed E-state index contributed by atoms with van der Waals surface area (Å²) in [5.41, 5.74) is 0. The Morgan fingerprint density at radius 1 is 0.455 bits per heavy atom. The number of carbonyl (C=O) groups is 1. The molecule has 0 spiro atoms. The lowest BCUT2D eigenvalue weighted by atomic mass is 10.1. The molecule has 0 aromatic heterocycles. The van der Waals surface area contributed by atoms with Gasteiger partial charge in [-0.05, 0) is 33.6 Å². The molecule has 0 unspecified atom stereocenters. The summed E-state index contributed by atoms with van der Waals surface area (Å²) in [7, 11) is -0.864. The number of hydrogen-bond donors (Lipinski definition) is 0. The van der Waals surface area contributed by atoms with Crippen LogP contribution in [-0.2, 0) is 56.0 Å². The van der Waals surface area contributed by atoms with Crippen molar-refractivity contribution >= 4 is 14.8 Å². The molecule has 0 saturated heterocycles. The Hall–Kier alpha value is -0.713. The standard InChI is InChI=1S/C31H64O12Si/c1-5-41-44(42-6-2,43-7-3)30-14-12-10-8-9-11-13-15-31(32)40-29-28-39-27-26-38-25-24-37-23-22-36-21-20-35-19-18-34-17-16-33-4/h5-30H2,1-4H3. The summed E-state index contributed by atoms with van der Waals surface area (Å²) >= 11 is 0. The van der Waals surface area contributed by atoms with Crippen LogP contribution in [0, 0.1) is 0 Å². The quantitative estimate of drug-likeness (QED) is 0.0534. The van der Waals surface area contributed by atoms with Gasteiger partial charge in [-0.1, -0.05) is 32.1 Å². The molecule has 0 rings (SSSR count). The number of esters is 1. The monoisotopic (exact) mass is 656 g/mol. The first-order valence-corrected chi connectivity index (χ1v) is 18.6. The van der Waals surface area contributed by atoms with Gasteiger partial charge in [-0.3, -0.25) is 4.79 Å². The number of carbonyl (C=O) groups excluding carboxylic acids is 1. The second-order valence-electron chi connectivity index (χ2n) is 9.84. The Labute approximate surface area is 268 Å². The van der Waals surface area contributed by atoms with Gasteiger partial charge >= 0.3 is 14.8 Å². The molecule has 0 aliphatic carbocycles. The zero-order chi connectivity index (χ0) is 32.2. The van der Waals surface area contributed by atoms with E-state index < -0.39 is 8.80 Å². The molecule has 0 fully saturated rings. The molecule has 0 aliphatic rings. The van der Waals surface area contributed by atoms with Gasteiger partial charge in [0.25, 0.3) is 0 Å². The van der Waals surface area contributed by atoms with Crippen molar-refractivity contribution < 1.29 is 56.0 Å². The van der Waals surface area contributed by atoms with Crippen LogP contribution in [0.4, 0.5) is 0 Å². The summed E-state index contributed by atoms with van der Waals surface area (Å²) in [5, 5.41) is 0. The Kier molecular flexibility index (Phi) is 34.6. The fourth-order valence-corrected chi connectivity index (χ4v) is 6.81. The van der Waals surface area contributed by atoms with Crippen LogP contribution in [0.2, 0.25) is 6.04 Å². The van der Waals surface area contributed by atoms with E-state index in [9.17, 15) is 4.79 Å². The van der Waals surface area contributed by atoms with E-state index in [1.54, 1.807) is 7.11 Å². The van der Waals surface area contributed by atoms with E-state index in [4.69, 9.17) is 51.2 Å². The van der Waals surface area contributed by atoms with E-state index in [0.717, 1.165) is 38.1 Å². The smallest absolute Gasteiger partial charge is 0.463 e. The molecule has 12 nitrogen and oxygen atoms in total. The maximum Gasteiger partial charge on any atom is 0.500 e. The summed E-state index contributed by atoms with van der Waals surface area (Å²) < 4.78 is 60.4. The Balaban J connectivity index is 3.35. The Morgan fingerprint density at radius 2 is 0.795 bits per heavy atom. The average molecular weight is 657 g/mol. The van der Waals surface area contributed by atoms with E-state index >= 15 is 0 Å². The van der Waals surface area contributed by atoms with Gasteiger partial charge in [0.1, 0.15) is 6.61 Å². The van der Waals surface area contributed by atoms with E-state index in [-0.39, 0.29) is 12.6 Å². The molecule has 264 valence electrons. The summed E-state index contributed by atoms with van der Waals surface area (Å²) in [4.78, 5) is 11.9. The molecule has 0 N–H and O–H groups in total. The molecule has 0 amide bonds. The molecular formula is C31H64O12Si. The first-order chi connectivity index (χ1) is 21.6. The lowest BCUT2D eigenvalue weighted by Gasteiger charge is -2.28. The van der Waals surface area contributed by atoms with Crippen LogP contribution in [-0.4, -0.2) is 134 Å². The third kappa shape index (κ3) is 30.0. The van der Waals surface area contributed by atoms with Crippen LogP contribution in [0.25, 0.3) is 0 Å². The first kappa shape index (κ1) is 43.3. The predicted molar refractivity (Wildman–Crippen MR) is 170 cm³/mol. The molecular weight excluding hydrogens is 592 g/mol. The largest absolute Gasteiger partial charge is 0.500 e. The lowest BCUT2D eigenvalue weighted by Crippen LogP contribution is -2.45. The highest BCUT2D eigenvalue weighted by Crippen LogP contribution is 2.21. The van der Waals surface area contributed by atoms with Crippen molar-refractivity contribution in [2.24, 2.45) is 0 Å². The highest BCUT2D eigenvalue weighted by atomic mass is 28.4. The van der Waals surface area contributed by atoms with Gasteiger partial charge < -0.3 is 51.2 Å². The summed E-state index contributed by atoms with van der Waals surface area (Å²) in [5.74, 6) is -0.161. The van der Waals surface area contributed by atoms with E-state index in [1.807, 2.05) is 20.8 Å². The van der Waals surface area contributed by atoms with Crippen LogP contribution in [0.1, 0.15) is 72.1 Å². The van der Waals surface area contributed by atoms with Crippen molar-refractivity contribution in [3.8, 4) is 0 Å². The summed E-state index contributed by atoms with van der Waals surface area (Å²) in [6.45, 7) is 14.7. The number of rotatable bonds is 37. The maximum absolute atomic E-state index is 11.9. The summed E-state index contributed by atoms with van der Waals surface area (Å²) in [6, 6.07) is 0.877. The molecule has 44 heavy (non-hydrogen) atoms. The Bertz CT molecular complexity index is 571. The van der Waals surface area contributed by atoms with Gasteiger partial charge in [-0.2, -0.15) is 0 Å². The second kappa shape index (κ2) is 35.1. The highest BCUT2D eigenvalue weighted by molar-refractivity contribution is 6.60. The van der Waals surface area contributed by atoms with Gasteiger partial charge in [-0.15, -0.1) is 0 Å². The van der Waals surface area contributed by atoms with Crippen molar-refractivity contribution in [1.82, 2.24) is 0 Å². The highest BCUT2D eigenvalue weighted by Gasteiger charge is 2.39. The van der Waals surface area contributed by atoms with Crippen LogP contribution in [0.15, 0.2) is 0 Å². The molecule has 0 bridgehead atoms. The number of ether oxygens (including phenoxy) is 8. The van der Waals surface area contributed by atoms with Gasteiger partial charge in [-0.25, -0.2) is 0 Å². The fraction of sp³-hybridized carbons (Fsp3) is 0.968. The third-order valence-electron chi connectivity index (χ3n) is 6.24. The minimum absolute atomic E-state index is 0.161. The van der Waals surface area contributed by atoms with Crippen molar-refractivity contribution in [3.05, 3.63) is 0 Å². The molecule has 0 radical (unpaired) electrons. The number of methoxy groups -OCH3 is 1. The van der Waals surface area contributed by atoms with Crippen LogP contribution in [0.3, 0.4) is 0 Å². The van der Waals surface area contributed by atoms with Crippen molar-refractivity contribution in [1.29, 1.82) is 0 Å². The van der Waals surface area contributed by atoms with Crippen LogP contribution < -0.4 is 0 Å². The first-order valence-electron chi connectivity index (χ1n) is 16.7. The van der Waals surface area contributed by atoms with E-state index in [0.29, 0.717) is 112 Å². The molecule has 0 aromatic carbocycles. The van der Waals surface area contributed by atoms with E-state index in [2.05, 4.69) is 0 Å². The van der Waals surface area contributed by atoms with Crippen molar-refractivity contribution in [2.75, 3.05) is 119 Å². The molecule has 0 aromatic rings. The van der Waals surface area contributed by atoms with Crippen molar-refractivity contribution in [3.63, 3.8) is 0 Å². The molecule has 0 saturated carbocycles. The zero-order valence-corrected chi connectivity index (χ0v) is 29.3. The third-order valence-corrected chi connectivity index (χ3v) is 9.39. The molecule has 0 atom stereocenters. The molecule has 0 aliphatic heterocycles. The fourth-order valence-electron chi connectivity index (χ4n) is 4.13. The predicted octanol–water partition coefficient (Wildman–Crippen LogP) is 4.44. The minimum Gasteiger partial charge on any atom is -0.463 e. The molecule has 13 heteroatoms. The number of unbranched alkanes of at least 4 members (excludes halogenated alkanes) is 6. The molecule has 0 heterocycles. The van der Waals surface area contributed by atoms with Gasteiger partial charge in [0, 0.05) is 39.4 Å². The van der Waals surface area contributed by atoms with Crippen LogP contribution in [0.5, 0.6) is 0 Å². The topological polar surface area (TPSA) is 119 Å². The Morgan fingerprint density at radius 3 is 1.18 bits per heavy atom. The van der Waals surface area contributed by atoms with Gasteiger partial charge in [0.2, 0.25) is 0 Å². The van der Waals surface area contributed by atoms with Gasteiger partial charge in [0.15, 0.2) is 0 Å². The average Bonchev–Trinajstić information content (AvgIpc) is 3.01. The van der Waals surface area contributed by atoms with Gasteiger partial charge in [0.05, 0.1) is 85.9 Å². The normalized spacial score (nSPS) is 11.8. The summed E-state index contributed by atoms with van der Waals surface area (Å²) in [6.07, 6.45) is 8.02. The maximum atomic E-state index is 11.9. The second-order valence-corrected chi connectivity index (χ2v) is 12.6. The SMILES string of the molecule is CCO[Si](CCCCCCCCCC(=O)OCCOCCOCCOCCOCCOCCOCCOC)(OCC)OCC.